The van der Waals surface area contributed by atoms with Gasteiger partial charge in [-0.3, -0.25) is 4.79 Å². The highest BCUT2D eigenvalue weighted by Gasteiger charge is 2.25. The highest BCUT2D eigenvalue weighted by atomic mass is 35.5. The van der Waals surface area contributed by atoms with Gasteiger partial charge in [0, 0.05) is 17.5 Å². The van der Waals surface area contributed by atoms with Crippen molar-refractivity contribution in [1.82, 2.24) is 5.32 Å². The fourth-order valence-corrected chi connectivity index (χ4v) is 2.75. The summed E-state index contributed by atoms with van der Waals surface area (Å²) < 4.78 is 13.0. The summed E-state index contributed by atoms with van der Waals surface area (Å²) in [5.41, 5.74) is 0.841. The summed E-state index contributed by atoms with van der Waals surface area (Å²) in [4.78, 5) is 10.7. The topological polar surface area (TPSA) is 49.3 Å². The second-order valence-electron chi connectivity index (χ2n) is 4.66. The molecule has 98 valence electrons. The number of hydrogen-bond acceptors (Lipinski definition) is 2. The number of aliphatic carboxylic acids is 1. The number of benzene rings is 1. The Morgan fingerprint density at radius 1 is 1.56 bits per heavy atom. The van der Waals surface area contributed by atoms with Gasteiger partial charge in [-0.1, -0.05) is 17.7 Å². The van der Waals surface area contributed by atoms with Gasteiger partial charge in [-0.2, -0.15) is 0 Å². The van der Waals surface area contributed by atoms with Crippen molar-refractivity contribution < 1.29 is 14.3 Å². The molecule has 0 bridgehead atoms. The van der Waals surface area contributed by atoms with Crippen LogP contribution in [0.4, 0.5) is 4.39 Å². The first-order valence-electron chi connectivity index (χ1n) is 5.96. The Kier molecular flexibility index (Phi) is 4.19. The SMILES string of the molecule is O=C(O)CC1CCNC(c2ccc(F)cc2Cl)C1. The Morgan fingerprint density at radius 3 is 3.00 bits per heavy atom. The molecule has 1 aliphatic rings. The largest absolute Gasteiger partial charge is 0.481 e. The van der Waals surface area contributed by atoms with Crippen molar-refractivity contribution in [2.24, 2.45) is 5.92 Å². The molecule has 3 nitrogen and oxygen atoms in total. The first-order valence-corrected chi connectivity index (χ1v) is 6.34. The first-order chi connectivity index (χ1) is 8.56. The molecular formula is C13H15ClFNO2. The lowest BCUT2D eigenvalue weighted by molar-refractivity contribution is -0.138. The van der Waals surface area contributed by atoms with E-state index in [1.807, 2.05) is 0 Å². The van der Waals surface area contributed by atoms with Gasteiger partial charge in [0.1, 0.15) is 5.82 Å². The summed E-state index contributed by atoms with van der Waals surface area (Å²) in [5, 5.41) is 12.5. The molecule has 1 fully saturated rings. The second-order valence-corrected chi connectivity index (χ2v) is 5.07. The molecule has 0 spiro atoms. The van der Waals surface area contributed by atoms with Crippen molar-refractivity contribution in [2.75, 3.05) is 6.54 Å². The van der Waals surface area contributed by atoms with Crippen LogP contribution in [0.5, 0.6) is 0 Å². The Hall–Kier alpha value is -1.13. The van der Waals surface area contributed by atoms with Gasteiger partial charge in [0.15, 0.2) is 0 Å². The average molecular weight is 272 g/mol. The second kappa shape index (κ2) is 5.67. The van der Waals surface area contributed by atoms with Gasteiger partial charge in [0.05, 0.1) is 0 Å². The van der Waals surface area contributed by atoms with Crippen LogP contribution >= 0.6 is 11.6 Å². The predicted octanol–water partition coefficient (Wildman–Crippen LogP) is 2.99. The Morgan fingerprint density at radius 2 is 2.33 bits per heavy atom. The number of halogens is 2. The zero-order valence-corrected chi connectivity index (χ0v) is 10.6. The number of carboxylic acid groups (broad SMARTS) is 1. The minimum absolute atomic E-state index is 0.0104. The van der Waals surface area contributed by atoms with Gasteiger partial charge in [-0.05, 0) is 43.0 Å². The number of nitrogens with one attached hydrogen (secondary N) is 1. The molecule has 18 heavy (non-hydrogen) atoms. The van der Waals surface area contributed by atoms with Crippen LogP contribution in [0.25, 0.3) is 0 Å². The van der Waals surface area contributed by atoms with E-state index >= 15 is 0 Å². The first kappa shape index (κ1) is 13.3. The maximum atomic E-state index is 13.0. The van der Waals surface area contributed by atoms with Crippen LogP contribution in [-0.2, 0) is 4.79 Å². The van der Waals surface area contributed by atoms with Crippen molar-refractivity contribution in [3.8, 4) is 0 Å². The van der Waals surface area contributed by atoms with E-state index in [1.165, 1.54) is 12.1 Å². The quantitative estimate of drug-likeness (QED) is 0.888. The number of carbonyl (C=O) groups is 1. The molecule has 1 saturated heterocycles. The van der Waals surface area contributed by atoms with E-state index in [0.717, 1.165) is 24.9 Å². The van der Waals surface area contributed by atoms with Crippen molar-refractivity contribution in [3.63, 3.8) is 0 Å². The Labute approximate surface area is 110 Å². The van der Waals surface area contributed by atoms with Gasteiger partial charge in [-0.15, -0.1) is 0 Å². The minimum atomic E-state index is -0.772. The van der Waals surface area contributed by atoms with Gasteiger partial charge < -0.3 is 10.4 Å². The molecule has 0 aromatic heterocycles. The highest BCUT2D eigenvalue weighted by molar-refractivity contribution is 6.31. The fourth-order valence-electron chi connectivity index (χ4n) is 2.45. The summed E-state index contributed by atoms with van der Waals surface area (Å²) in [6.07, 6.45) is 1.75. The molecule has 0 aliphatic carbocycles. The van der Waals surface area contributed by atoms with Crippen LogP contribution in [0.3, 0.4) is 0 Å². The van der Waals surface area contributed by atoms with Gasteiger partial charge in [0.2, 0.25) is 0 Å². The lowest BCUT2D eigenvalue weighted by atomic mass is 9.87. The highest BCUT2D eigenvalue weighted by Crippen LogP contribution is 2.33. The number of carboxylic acids is 1. The third-order valence-electron chi connectivity index (χ3n) is 3.31. The van der Waals surface area contributed by atoms with E-state index in [2.05, 4.69) is 5.32 Å². The zero-order chi connectivity index (χ0) is 13.1. The van der Waals surface area contributed by atoms with Crippen molar-refractivity contribution in [2.45, 2.75) is 25.3 Å². The van der Waals surface area contributed by atoms with E-state index in [4.69, 9.17) is 16.7 Å². The molecular weight excluding hydrogens is 257 g/mol. The molecule has 2 rings (SSSR count). The Balaban J connectivity index is 2.10. The molecule has 2 N–H and O–H groups in total. The van der Waals surface area contributed by atoms with Crippen LogP contribution < -0.4 is 5.32 Å². The smallest absolute Gasteiger partial charge is 0.303 e. The average Bonchev–Trinajstić information content (AvgIpc) is 2.28. The van der Waals surface area contributed by atoms with Crippen molar-refractivity contribution >= 4 is 17.6 Å². The van der Waals surface area contributed by atoms with E-state index in [1.54, 1.807) is 6.07 Å². The standard InChI is InChI=1S/C13H15ClFNO2/c14-11-7-9(15)1-2-10(11)12-5-8(3-4-16-12)6-13(17)18/h1-2,7-8,12,16H,3-6H2,(H,17,18). The van der Waals surface area contributed by atoms with E-state index in [-0.39, 0.29) is 24.2 Å². The molecule has 5 heteroatoms. The fraction of sp³-hybridized carbons (Fsp3) is 0.462. The van der Waals surface area contributed by atoms with E-state index in [9.17, 15) is 9.18 Å². The Bertz CT molecular complexity index is 453. The molecule has 0 amide bonds. The maximum absolute atomic E-state index is 13.0. The van der Waals surface area contributed by atoms with Crippen LogP contribution in [0, 0.1) is 11.7 Å². The monoisotopic (exact) mass is 271 g/mol. The minimum Gasteiger partial charge on any atom is -0.481 e. The van der Waals surface area contributed by atoms with Gasteiger partial charge in [-0.25, -0.2) is 4.39 Å². The normalized spacial score (nSPS) is 23.9. The van der Waals surface area contributed by atoms with Gasteiger partial charge >= 0.3 is 5.97 Å². The lowest BCUT2D eigenvalue weighted by Crippen LogP contribution is -2.32. The molecule has 0 saturated carbocycles. The molecule has 0 radical (unpaired) electrons. The van der Waals surface area contributed by atoms with Crippen LogP contribution in [0.15, 0.2) is 18.2 Å². The number of piperidine rings is 1. The summed E-state index contributed by atoms with van der Waals surface area (Å²) in [6, 6.07) is 4.35. The zero-order valence-electron chi connectivity index (χ0n) is 9.83. The summed E-state index contributed by atoms with van der Waals surface area (Å²) in [6.45, 7) is 0.760. The summed E-state index contributed by atoms with van der Waals surface area (Å²) >= 11 is 6.02. The van der Waals surface area contributed by atoms with Gasteiger partial charge in [0.25, 0.3) is 0 Å². The molecule has 1 aromatic carbocycles. The van der Waals surface area contributed by atoms with Crippen molar-refractivity contribution in [1.29, 1.82) is 0 Å². The lowest BCUT2D eigenvalue weighted by Gasteiger charge is -2.30. The number of hydrogen-bond donors (Lipinski definition) is 2. The molecule has 1 heterocycles. The molecule has 2 unspecified atom stereocenters. The third kappa shape index (κ3) is 3.21. The third-order valence-corrected chi connectivity index (χ3v) is 3.64. The predicted molar refractivity (Wildman–Crippen MR) is 67.1 cm³/mol. The molecule has 2 atom stereocenters. The van der Waals surface area contributed by atoms with E-state index in [0.29, 0.717) is 5.02 Å². The van der Waals surface area contributed by atoms with Crippen LogP contribution in [-0.4, -0.2) is 17.6 Å². The molecule has 1 aromatic rings. The van der Waals surface area contributed by atoms with E-state index < -0.39 is 5.97 Å². The maximum Gasteiger partial charge on any atom is 0.303 e. The van der Waals surface area contributed by atoms with Crippen molar-refractivity contribution in [3.05, 3.63) is 34.6 Å². The van der Waals surface area contributed by atoms with Crippen LogP contribution in [0.2, 0.25) is 5.02 Å². The van der Waals surface area contributed by atoms with Crippen LogP contribution in [0.1, 0.15) is 30.9 Å². The summed E-state index contributed by atoms with van der Waals surface area (Å²) in [5.74, 6) is -0.984. The summed E-state index contributed by atoms with van der Waals surface area (Å²) in [7, 11) is 0. The number of rotatable bonds is 3. The molecule has 1 aliphatic heterocycles.